The maximum atomic E-state index is 12.0. The molecular formula is C13H16FN3. The highest BCUT2D eigenvalue weighted by Crippen LogP contribution is 2.14. The van der Waals surface area contributed by atoms with Crippen molar-refractivity contribution in [2.24, 2.45) is 0 Å². The molecule has 2 aromatic heterocycles. The van der Waals surface area contributed by atoms with Crippen molar-refractivity contribution in [3.63, 3.8) is 0 Å². The van der Waals surface area contributed by atoms with E-state index in [1.165, 1.54) is 0 Å². The summed E-state index contributed by atoms with van der Waals surface area (Å²) in [5, 5.41) is 0. The molecule has 0 N–H and O–H groups in total. The standard InChI is InChI=1S/C13H16FN3/c14-7-3-1-5-10-17-11-9-16-13(17)12-6-2-4-8-15-12/h2,4,6,8-9,11H,1,3,5,7,10H2. The molecule has 90 valence electrons. The molecule has 0 amide bonds. The molecule has 0 aliphatic rings. The van der Waals surface area contributed by atoms with Gasteiger partial charge in [0.05, 0.1) is 6.67 Å². The van der Waals surface area contributed by atoms with Gasteiger partial charge in [0.25, 0.3) is 0 Å². The lowest BCUT2D eigenvalue weighted by molar-refractivity contribution is 0.448. The van der Waals surface area contributed by atoms with Crippen LogP contribution in [-0.4, -0.2) is 21.2 Å². The predicted molar refractivity (Wildman–Crippen MR) is 65.3 cm³/mol. The molecule has 0 radical (unpaired) electrons. The van der Waals surface area contributed by atoms with Gasteiger partial charge in [-0.25, -0.2) is 4.98 Å². The Morgan fingerprint density at radius 3 is 2.76 bits per heavy atom. The summed E-state index contributed by atoms with van der Waals surface area (Å²) < 4.78 is 14.0. The van der Waals surface area contributed by atoms with Crippen LogP contribution in [0.25, 0.3) is 11.5 Å². The highest BCUT2D eigenvalue weighted by molar-refractivity contribution is 5.48. The summed E-state index contributed by atoms with van der Waals surface area (Å²) in [4.78, 5) is 8.59. The number of aromatic nitrogens is 3. The van der Waals surface area contributed by atoms with Crippen molar-refractivity contribution in [2.45, 2.75) is 25.8 Å². The van der Waals surface area contributed by atoms with E-state index in [4.69, 9.17) is 0 Å². The maximum absolute atomic E-state index is 12.0. The zero-order valence-corrected chi connectivity index (χ0v) is 9.72. The van der Waals surface area contributed by atoms with Gasteiger partial charge in [-0.15, -0.1) is 0 Å². The molecule has 0 aromatic carbocycles. The number of hydrogen-bond donors (Lipinski definition) is 0. The normalized spacial score (nSPS) is 10.6. The van der Waals surface area contributed by atoms with Crippen molar-refractivity contribution < 1.29 is 4.39 Å². The van der Waals surface area contributed by atoms with E-state index in [-0.39, 0.29) is 6.67 Å². The number of unbranched alkanes of at least 4 members (excludes halogenated alkanes) is 2. The Morgan fingerprint density at radius 1 is 1.06 bits per heavy atom. The van der Waals surface area contributed by atoms with Crippen molar-refractivity contribution in [2.75, 3.05) is 6.67 Å². The fraction of sp³-hybridized carbons (Fsp3) is 0.385. The van der Waals surface area contributed by atoms with E-state index in [1.807, 2.05) is 24.4 Å². The van der Waals surface area contributed by atoms with Crippen molar-refractivity contribution in [1.82, 2.24) is 14.5 Å². The van der Waals surface area contributed by atoms with Crippen LogP contribution < -0.4 is 0 Å². The second-order valence-electron chi connectivity index (χ2n) is 3.91. The van der Waals surface area contributed by atoms with Gasteiger partial charge in [0.1, 0.15) is 5.69 Å². The maximum Gasteiger partial charge on any atom is 0.158 e. The molecule has 0 aliphatic carbocycles. The SMILES string of the molecule is FCCCCCn1ccnc1-c1ccccn1. The lowest BCUT2D eigenvalue weighted by atomic mass is 10.2. The number of imidazole rings is 1. The number of pyridine rings is 1. The zero-order valence-electron chi connectivity index (χ0n) is 9.72. The Balaban J connectivity index is 2.02. The number of nitrogens with zero attached hydrogens (tertiary/aromatic N) is 3. The minimum absolute atomic E-state index is 0.225. The zero-order chi connectivity index (χ0) is 11.9. The molecule has 2 rings (SSSR count). The molecule has 0 fully saturated rings. The average Bonchev–Trinajstić information content (AvgIpc) is 2.84. The number of rotatable bonds is 6. The first kappa shape index (κ1) is 11.8. The Bertz CT molecular complexity index is 439. The van der Waals surface area contributed by atoms with Crippen LogP contribution in [0.3, 0.4) is 0 Å². The lowest BCUT2D eigenvalue weighted by Gasteiger charge is -2.06. The van der Waals surface area contributed by atoms with E-state index in [2.05, 4.69) is 14.5 Å². The molecule has 2 heterocycles. The molecule has 0 atom stereocenters. The van der Waals surface area contributed by atoms with Crippen molar-refractivity contribution >= 4 is 0 Å². The van der Waals surface area contributed by atoms with E-state index in [0.29, 0.717) is 6.42 Å². The van der Waals surface area contributed by atoms with E-state index in [1.54, 1.807) is 12.4 Å². The molecule has 17 heavy (non-hydrogen) atoms. The largest absolute Gasteiger partial charge is 0.330 e. The minimum atomic E-state index is -0.225. The summed E-state index contributed by atoms with van der Waals surface area (Å²) in [6, 6.07) is 5.78. The molecule has 0 unspecified atom stereocenters. The van der Waals surface area contributed by atoms with Gasteiger partial charge in [0.15, 0.2) is 5.82 Å². The smallest absolute Gasteiger partial charge is 0.158 e. The first-order chi connectivity index (χ1) is 8.42. The monoisotopic (exact) mass is 233 g/mol. The molecule has 0 saturated carbocycles. The van der Waals surface area contributed by atoms with Crippen LogP contribution in [0, 0.1) is 0 Å². The Kier molecular flexibility index (Phi) is 4.24. The molecule has 0 spiro atoms. The molecule has 2 aromatic rings. The molecule has 3 nitrogen and oxygen atoms in total. The Hall–Kier alpha value is -1.71. The Morgan fingerprint density at radius 2 is 2.00 bits per heavy atom. The van der Waals surface area contributed by atoms with Crippen molar-refractivity contribution in [3.05, 3.63) is 36.8 Å². The van der Waals surface area contributed by atoms with Gasteiger partial charge in [-0.3, -0.25) is 9.37 Å². The topological polar surface area (TPSA) is 30.7 Å². The first-order valence-corrected chi connectivity index (χ1v) is 5.90. The number of alkyl halides is 1. The van der Waals surface area contributed by atoms with Gasteiger partial charge in [-0.05, 0) is 31.4 Å². The average molecular weight is 233 g/mol. The Labute approximate surface area is 100 Å². The number of hydrogen-bond acceptors (Lipinski definition) is 2. The lowest BCUT2D eigenvalue weighted by Crippen LogP contribution is -2.00. The summed E-state index contributed by atoms with van der Waals surface area (Å²) in [5.41, 5.74) is 0.878. The second kappa shape index (κ2) is 6.13. The summed E-state index contributed by atoms with van der Waals surface area (Å²) in [6.07, 6.45) is 8.01. The molecule has 0 saturated heterocycles. The minimum Gasteiger partial charge on any atom is -0.330 e. The van der Waals surface area contributed by atoms with E-state index in [0.717, 1.165) is 30.9 Å². The summed E-state index contributed by atoms with van der Waals surface area (Å²) >= 11 is 0. The molecule has 0 aliphatic heterocycles. The van der Waals surface area contributed by atoms with Crippen LogP contribution in [0.4, 0.5) is 4.39 Å². The summed E-state index contributed by atoms with van der Waals surface area (Å²) in [5.74, 6) is 0.880. The van der Waals surface area contributed by atoms with Crippen LogP contribution >= 0.6 is 0 Å². The van der Waals surface area contributed by atoms with Gasteiger partial charge >= 0.3 is 0 Å². The molecular weight excluding hydrogens is 217 g/mol. The summed E-state index contributed by atoms with van der Waals surface area (Å²) in [7, 11) is 0. The predicted octanol–water partition coefficient (Wildman–Crippen LogP) is 3.08. The number of aryl methyl sites for hydroxylation is 1. The third-order valence-electron chi connectivity index (χ3n) is 2.64. The van der Waals surface area contributed by atoms with Crippen LogP contribution in [0.2, 0.25) is 0 Å². The quantitative estimate of drug-likeness (QED) is 0.718. The van der Waals surface area contributed by atoms with Gasteiger partial charge < -0.3 is 4.57 Å². The molecule has 0 bridgehead atoms. The van der Waals surface area contributed by atoms with Crippen LogP contribution in [0.15, 0.2) is 36.8 Å². The van der Waals surface area contributed by atoms with Crippen LogP contribution in [-0.2, 0) is 6.54 Å². The third-order valence-corrected chi connectivity index (χ3v) is 2.64. The highest BCUT2D eigenvalue weighted by Gasteiger charge is 2.05. The van der Waals surface area contributed by atoms with Gasteiger partial charge in [0, 0.05) is 25.1 Å². The second-order valence-corrected chi connectivity index (χ2v) is 3.91. The van der Waals surface area contributed by atoms with Crippen LogP contribution in [0.5, 0.6) is 0 Å². The van der Waals surface area contributed by atoms with E-state index < -0.39 is 0 Å². The van der Waals surface area contributed by atoms with Crippen molar-refractivity contribution in [3.8, 4) is 11.5 Å². The van der Waals surface area contributed by atoms with E-state index in [9.17, 15) is 4.39 Å². The fourth-order valence-electron chi connectivity index (χ4n) is 1.77. The van der Waals surface area contributed by atoms with E-state index >= 15 is 0 Å². The number of halogens is 1. The third kappa shape index (κ3) is 3.12. The van der Waals surface area contributed by atoms with Crippen molar-refractivity contribution in [1.29, 1.82) is 0 Å². The van der Waals surface area contributed by atoms with Gasteiger partial charge in [0.2, 0.25) is 0 Å². The van der Waals surface area contributed by atoms with Gasteiger partial charge in [-0.1, -0.05) is 6.07 Å². The molecule has 4 heteroatoms. The first-order valence-electron chi connectivity index (χ1n) is 5.90. The van der Waals surface area contributed by atoms with Crippen LogP contribution in [0.1, 0.15) is 19.3 Å². The fourth-order valence-corrected chi connectivity index (χ4v) is 1.77. The summed E-state index contributed by atoms with van der Waals surface area (Å²) in [6.45, 7) is 0.642. The van der Waals surface area contributed by atoms with Gasteiger partial charge in [-0.2, -0.15) is 0 Å². The highest BCUT2D eigenvalue weighted by atomic mass is 19.1.